The van der Waals surface area contributed by atoms with Gasteiger partial charge in [0.15, 0.2) is 0 Å². The Morgan fingerprint density at radius 2 is 2.14 bits per heavy atom. The van der Waals surface area contributed by atoms with Crippen molar-refractivity contribution in [2.24, 2.45) is 5.92 Å². The summed E-state index contributed by atoms with van der Waals surface area (Å²) in [4.78, 5) is 11.8. The second-order valence-electron chi connectivity index (χ2n) is 6.42. The van der Waals surface area contributed by atoms with Crippen molar-refractivity contribution in [3.05, 3.63) is 24.3 Å². The Hall–Kier alpha value is -1.55. The fourth-order valence-electron chi connectivity index (χ4n) is 3.00. The number of hydrogen-bond donors (Lipinski definition) is 3. The van der Waals surface area contributed by atoms with E-state index in [1.165, 1.54) is 12.8 Å². The van der Waals surface area contributed by atoms with Crippen LogP contribution in [0.2, 0.25) is 0 Å². The van der Waals surface area contributed by atoms with Crippen LogP contribution in [0.4, 0.5) is 11.4 Å². The lowest BCUT2D eigenvalue weighted by Crippen LogP contribution is -2.29. The van der Waals surface area contributed by atoms with Crippen LogP contribution in [0.15, 0.2) is 24.3 Å². The van der Waals surface area contributed by atoms with E-state index in [1.807, 2.05) is 18.2 Å². The van der Waals surface area contributed by atoms with Crippen molar-refractivity contribution in [3.63, 3.8) is 0 Å². The predicted octanol–water partition coefficient (Wildman–Crippen LogP) is 2.98. The van der Waals surface area contributed by atoms with E-state index in [0.717, 1.165) is 37.2 Å². The number of carbonyl (C=O) groups excluding carboxylic acids is 1. The molecule has 3 N–H and O–H groups in total. The summed E-state index contributed by atoms with van der Waals surface area (Å²) in [5.41, 5.74) is 1.97. The summed E-state index contributed by atoms with van der Waals surface area (Å²) >= 11 is 0. The zero-order chi connectivity index (χ0) is 14.7. The summed E-state index contributed by atoms with van der Waals surface area (Å²) in [6.07, 6.45) is 5.78. The maximum atomic E-state index is 11.8. The SMILES string of the molecule is CC(CC1CCCN1)Nc1cccc(NC(=O)C2CC2)c1. The normalized spacial score (nSPS) is 22.8. The Morgan fingerprint density at radius 1 is 1.33 bits per heavy atom. The molecule has 1 saturated heterocycles. The molecule has 4 heteroatoms. The minimum absolute atomic E-state index is 0.162. The summed E-state index contributed by atoms with van der Waals surface area (Å²) in [5, 5.41) is 10.1. The second-order valence-corrected chi connectivity index (χ2v) is 6.42. The molecule has 1 saturated carbocycles. The minimum Gasteiger partial charge on any atom is -0.382 e. The molecular weight excluding hydrogens is 262 g/mol. The molecule has 1 aliphatic heterocycles. The molecule has 0 bridgehead atoms. The fourth-order valence-corrected chi connectivity index (χ4v) is 3.00. The highest BCUT2D eigenvalue weighted by Crippen LogP contribution is 2.30. The summed E-state index contributed by atoms with van der Waals surface area (Å²) in [7, 11) is 0. The van der Waals surface area contributed by atoms with Crippen LogP contribution in [-0.4, -0.2) is 24.5 Å². The van der Waals surface area contributed by atoms with E-state index in [2.05, 4.69) is 28.9 Å². The van der Waals surface area contributed by atoms with Crippen molar-refractivity contribution in [3.8, 4) is 0 Å². The second kappa shape index (κ2) is 6.48. The average Bonchev–Trinajstić information content (AvgIpc) is 3.19. The van der Waals surface area contributed by atoms with Gasteiger partial charge in [-0.1, -0.05) is 6.07 Å². The molecule has 2 aliphatic rings. The molecule has 0 spiro atoms. The van der Waals surface area contributed by atoms with Gasteiger partial charge in [-0.25, -0.2) is 0 Å². The summed E-state index contributed by atoms with van der Waals surface area (Å²) in [5.74, 6) is 0.407. The van der Waals surface area contributed by atoms with Crippen molar-refractivity contribution in [2.45, 2.75) is 51.1 Å². The van der Waals surface area contributed by atoms with E-state index in [9.17, 15) is 4.79 Å². The zero-order valence-corrected chi connectivity index (χ0v) is 12.7. The van der Waals surface area contributed by atoms with Crippen LogP contribution in [0.1, 0.15) is 39.0 Å². The molecule has 1 aliphatic carbocycles. The van der Waals surface area contributed by atoms with Gasteiger partial charge in [0.25, 0.3) is 0 Å². The van der Waals surface area contributed by atoms with Crippen molar-refractivity contribution in [2.75, 3.05) is 17.2 Å². The van der Waals surface area contributed by atoms with E-state index in [-0.39, 0.29) is 11.8 Å². The fraction of sp³-hybridized carbons (Fsp3) is 0.588. The Morgan fingerprint density at radius 3 is 2.86 bits per heavy atom. The molecule has 21 heavy (non-hydrogen) atoms. The van der Waals surface area contributed by atoms with Gasteiger partial charge in [-0.05, 0) is 63.8 Å². The predicted molar refractivity (Wildman–Crippen MR) is 86.5 cm³/mol. The van der Waals surface area contributed by atoms with Crippen molar-refractivity contribution in [1.82, 2.24) is 5.32 Å². The molecule has 3 rings (SSSR count). The van der Waals surface area contributed by atoms with E-state index in [4.69, 9.17) is 0 Å². The van der Waals surface area contributed by atoms with Gasteiger partial charge in [0.05, 0.1) is 0 Å². The number of rotatable bonds is 6. The van der Waals surface area contributed by atoms with Gasteiger partial charge in [-0.15, -0.1) is 0 Å². The van der Waals surface area contributed by atoms with Crippen molar-refractivity contribution >= 4 is 17.3 Å². The molecule has 2 atom stereocenters. The largest absolute Gasteiger partial charge is 0.382 e. The average molecular weight is 287 g/mol. The van der Waals surface area contributed by atoms with Crippen molar-refractivity contribution in [1.29, 1.82) is 0 Å². The standard InChI is InChI=1S/C17H25N3O/c1-12(10-14-6-3-9-18-14)19-15-4-2-5-16(11-15)20-17(21)13-7-8-13/h2,4-5,11-14,18-19H,3,6-10H2,1H3,(H,20,21). The maximum Gasteiger partial charge on any atom is 0.227 e. The van der Waals surface area contributed by atoms with Crippen LogP contribution >= 0.6 is 0 Å². The van der Waals surface area contributed by atoms with Crippen LogP contribution < -0.4 is 16.0 Å². The van der Waals surface area contributed by atoms with E-state index in [1.54, 1.807) is 0 Å². The quantitative estimate of drug-likeness (QED) is 0.754. The highest BCUT2D eigenvalue weighted by atomic mass is 16.2. The Balaban J connectivity index is 1.53. The molecule has 4 nitrogen and oxygen atoms in total. The summed E-state index contributed by atoms with van der Waals surface area (Å²) in [6.45, 7) is 3.37. The highest BCUT2D eigenvalue weighted by molar-refractivity contribution is 5.94. The summed E-state index contributed by atoms with van der Waals surface area (Å²) < 4.78 is 0. The van der Waals surface area contributed by atoms with Gasteiger partial charge >= 0.3 is 0 Å². The van der Waals surface area contributed by atoms with E-state index < -0.39 is 0 Å². The van der Waals surface area contributed by atoms with Crippen molar-refractivity contribution < 1.29 is 4.79 Å². The molecular formula is C17H25N3O. The number of carbonyl (C=O) groups is 1. The van der Waals surface area contributed by atoms with Gasteiger partial charge in [-0.3, -0.25) is 4.79 Å². The third-order valence-electron chi connectivity index (χ3n) is 4.29. The molecule has 1 heterocycles. The lowest BCUT2D eigenvalue weighted by molar-refractivity contribution is -0.117. The molecule has 1 aromatic rings. The van der Waals surface area contributed by atoms with Crippen LogP contribution in [0.5, 0.6) is 0 Å². The third-order valence-corrected chi connectivity index (χ3v) is 4.29. The Kier molecular flexibility index (Phi) is 4.44. The zero-order valence-electron chi connectivity index (χ0n) is 12.7. The number of anilines is 2. The molecule has 2 unspecified atom stereocenters. The molecule has 1 aromatic carbocycles. The first-order valence-corrected chi connectivity index (χ1v) is 8.11. The number of hydrogen-bond acceptors (Lipinski definition) is 3. The van der Waals surface area contributed by atoms with E-state index >= 15 is 0 Å². The maximum absolute atomic E-state index is 11.8. The molecule has 1 amide bonds. The van der Waals surface area contributed by atoms with Gasteiger partial charge < -0.3 is 16.0 Å². The van der Waals surface area contributed by atoms with Gasteiger partial charge in [0.1, 0.15) is 0 Å². The van der Waals surface area contributed by atoms with Gasteiger partial charge in [0.2, 0.25) is 5.91 Å². The summed E-state index contributed by atoms with van der Waals surface area (Å²) in [6, 6.07) is 9.10. The number of nitrogens with one attached hydrogen (secondary N) is 3. The first-order chi connectivity index (χ1) is 10.2. The highest BCUT2D eigenvalue weighted by Gasteiger charge is 2.29. The first kappa shape index (κ1) is 14.4. The number of amides is 1. The topological polar surface area (TPSA) is 53.2 Å². The van der Waals surface area contributed by atoms with Gasteiger partial charge in [0, 0.05) is 29.4 Å². The lowest BCUT2D eigenvalue weighted by Gasteiger charge is -2.19. The first-order valence-electron chi connectivity index (χ1n) is 8.11. The molecule has 0 radical (unpaired) electrons. The number of benzene rings is 1. The minimum atomic E-state index is 0.162. The van der Waals surface area contributed by atoms with Crippen LogP contribution in [0.25, 0.3) is 0 Å². The third kappa shape index (κ3) is 4.21. The van der Waals surface area contributed by atoms with Crippen LogP contribution in [-0.2, 0) is 4.79 Å². The van der Waals surface area contributed by atoms with Gasteiger partial charge in [-0.2, -0.15) is 0 Å². The van der Waals surface area contributed by atoms with Crippen LogP contribution in [0, 0.1) is 5.92 Å². The smallest absolute Gasteiger partial charge is 0.227 e. The molecule has 2 fully saturated rings. The van der Waals surface area contributed by atoms with E-state index in [0.29, 0.717) is 12.1 Å². The molecule has 0 aromatic heterocycles. The van der Waals surface area contributed by atoms with Crippen LogP contribution in [0.3, 0.4) is 0 Å². The molecule has 114 valence electrons. The Bertz CT molecular complexity index is 493. The monoisotopic (exact) mass is 287 g/mol. The lowest BCUT2D eigenvalue weighted by atomic mass is 10.1. The Labute approximate surface area is 126 Å².